The average Bonchev–Trinajstić information content (AvgIpc) is 2.31. The Morgan fingerprint density at radius 3 is 1.95 bits per heavy atom. The van der Waals surface area contributed by atoms with E-state index in [1.807, 2.05) is 0 Å². The molecule has 5 heteroatoms. The summed E-state index contributed by atoms with van der Waals surface area (Å²) < 4.78 is 2.82. The van der Waals surface area contributed by atoms with Gasteiger partial charge in [0.1, 0.15) is 5.76 Å². The van der Waals surface area contributed by atoms with Crippen LogP contribution in [-0.4, -0.2) is 9.76 Å². The normalized spacial score (nSPS) is 11.4. The molecule has 0 radical (unpaired) electrons. The fourth-order valence-electron chi connectivity index (χ4n) is 1.70. The maximum atomic E-state index is 11.2. The molecule has 0 atom stereocenters. The zero-order chi connectivity index (χ0) is 14.7. The highest BCUT2D eigenvalue weighted by atomic mass is 35.6. The second-order valence-electron chi connectivity index (χ2n) is 4.65. The van der Waals surface area contributed by atoms with E-state index in [-0.39, 0.29) is 0 Å². The van der Waals surface area contributed by atoms with Crippen molar-refractivity contribution in [3.63, 3.8) is 0 Å². The summed E-state index contributed by atoms with van der Waals surface area (Å²) in [4.78, 5) is 11.2. The fraction of sp³-hybridized carbons (Fsp3) is 0.786. The molecule has 0 aliphatic heterocycles. The third-order valence-corrected chi connectivity index (χ3v) is 3.24. The van der Waals surface area contributed by atoms with Crippen molar-refractivity contribution < 1.29 is 9.53 Å². The van der Waals surface area contributed by atoms with Gasteiger partial charge in [-0.2, -0.15) is 0 Å². The summed E-state index contributed by atoms with van der Waals surface area (Å²) >= 11 is 16.2. The molecule has 0 saturated heterocycles. The van der Waals surface area contributed by atoms with Gasteiger partial charge in [-0.1, -0.05) is 93.3 Å². The van der Waals surface area contributed by atoms with Gasteiger partial charge in [0, 0.05) is 6.42 Å². The molecule has 0 rings (SSSR count). The minimum atomic E-state index is -2.03. The van der Waals surface area contributed by atoms with Crippen LogP contribution in [0.15, 0.2) is 12.3 Å². The van der Waals surface area contributed by atoms with E-state index in [1.165, 1.54) is 38.5 Å². The molecule has 0 saturated carbocycles. The second kappa shape index (κ2) is 10.8. The van der Waals surface area contributed by atoms with Crippen LogP contribution >= 0.6 is 34.8 Å². The number of hydrogen-bond donors (Lipinski definition) is 0. The van der Waals surface area contributed by atoms with Gasteiger partial charge in [-0.25, -0.2) is 4.79 Å². The summed E-state index contributed by atoms with van der Waals surface area (Å²) in [5.74, 6) is -0.524. The smallest absolute Gasteiger partial charge is 0.363 e. The van der Waals surface area contributed by atoms with Crippen molar-refractivity contribution in [2.24, 2.45) is 0 Å². The molecule has 112 valence electrons. The minimum absolute atomic E-state index is 0.363. The minimum Gasteiger partial charge on any atom is -0.429 e. The van der Waals surface area contributed by atoms with Crippen LogP contribution in [0.1, 0.15) is 64.7 Å². The molecule has 0 aromatic carbocycles. The van der Waals surface area contributed by atoms with Crippen LogP contribution in [0.3, 0.4) is 0 Å². The molecular formula is C14H23Cl3O2. The van der Waals surface area contributed by atoms with Crippen molar-refractivity contribution >= 4 is 40.8 Å². The number of esters is 1. The molecule has 0 aromatic heterocycles. The zero-order valence-corrected chi connectivity index (χ0v) is 13.8. The van der Waals surface area contributed by atoms with Gasteiger partial charge in [0.15, 0.2) is 0 Å². The maximum absolute atomic E-state index is 11.2. The molecule has 0 fully saturated rings. The molecule has 0 aliphatic carbocycles. The van der Waals surface area contributed by atoms with Crippen molar-refractivity contribution in [1.82, 2.24) is 0 Å². The van der Waals surface area contributed by atoms with Gasteiger partial charge in [0.25, 0.3) is 3.79 Å². The number of hydrogen-bond acceptors (Lipinski definition) is 2. The summed E-state index contributed by atoms with van der Waals surface area (Å²) in [7, 11) is 0. The lowest BCUT2D eigenvalue weighted by Gasteiger charge is -2.11. The third kappa shape index (κ3) is 11.6. The summed E-state index contributed by atoms with van der Waals surface area (Å²) in [6.07, 6.45) is 10.4. The first-order chi connectivity index (χ1) is 8.88. The van der Waals surface area contributed by atoms with Crippen LogP contribution in [0, 0.1) is 0 Å². The number of unbranched alkanes of at least 4 members (excludes halogenated alkanes) is 7. The lowest BCUT2D eigenvalue weighted by Crippen LogP contribution is -2.21. The molecule has 0 spiro atoms. The summed E-state index contributed by atoms with van der Waals surface area (Å²) in [5.41, 5.74) is 0. The molecule has 0 amide bonds. The number of rotatable bonds is 10. The maximum Gasteiger partial charge on any atom is 0.363 e. The van der Waals surface area contributed by atoms with Crippen molar-refractivity contribution in [2.45, 2.75) is 68.5 Å². The standard InChI is InChI=1S/C14H23Cl3O2/c1-3-4-5-6-7-8-9-10-11-12(2)19-13(18)14(15,16)17/h2-11H2,1H3. The van der Waals surface area contributed by atoms with Gasteiger partial charge in [0.2, 0.25) is 0 Å². The predicted octanol–water partition coefficient (Wildman–Crippen LogP) is 5.94. The fourth-order valence-corrected chi connectivity index (χ4v) is 1.81. The van der Waals surface area contributed by atoms with Crippen molar-refractivity contribution in [2.75, 3.05) is 0 Å². The van der Waals surface area contributed by atoms with Gasteiger partial charge >= 0.3 is 5.97 Å². The van der Waals surface area contributed by atoms with Crippen LogP contribution in [0.2, 0.25) is 0 Å². The highest BCUT2D eigenvalue weighted by Crippen LogP contribution is 2.28. The van der Waals surface area contributed by atoms with E-state index in [9.17, 15) is 4.79 Å². The Morgan fingerprint density at radius 1 is 1.00 bits per heavy atom. The Morgan fingerprint density at radius 2 is 1.47 bits per heavy atom. The van der Waals surface area contributed by atoms with Gasteiger partial charge < -0.3 is 4.74 Å². The number of carbonyl (C=O) groups excluding carboxylic acids is 1. The van der Waals surface area contributed by atoms with Crippen LogP contribution in [0.25, 0.3) is 0 Å². The highest BCUT2D eigenvalue weighted by molar-refractivity contribution is 6.75. The molecule has 0 aliphatic rings. The summed E-state index contributed by atoms with van der Waals surface area (Å²) in [6.45, 7) is 5.86. The number of ether oxygens (including phenoxy) is 1. The van der Waals surface area contributed by atoms with Crippen LogP contribution in [-0.2, 0) is 9.53 Å². The average molecular weight is 330 g/mol. The first-order valence-corrected chi connectivity index (χ1v) is 7.98. The molecular weight excluding hydrogens is 307 g/mol. The van der Waals surface area contributed by atoms with Crippen LogP contribution in [0.4, 0.5) is 0 Å². The van der Waals surface area contributed by atoms with E-state index in [0.29, 0.717) is 12.2 Å². The molecule has 2 nitrogen and oxygen atoms in total. The molecule has 19 heavy (non-hydrogen) atoms. The van der Waals surface area contributed by atoms with Gasteiger partial charge in [-0.05, 0) is 6.42 Å². The van der Waals surface area contributed by atoms with Crippen LogP contribution < -0.4 is 0 Å². The van der Waals surface area contributed by atoms with Crippen molar-refractivity contribution in [3.05, 3.63) is 12.3 Å². The lowest BCUT2D eigenvalue weighted by molar-refractivity contribution is -0.138. The molecule has 0 bridgehead atoms. The number of alkyl halides is 3. The molecule has 0 N–H and O–H groups in total. The number of halogens is 3. The zero-order valence-electron chi connectivity index (χ0n) is 11.5. The molecule has 0 heterocycles. The van der Waals surface area contributed by atoms with E-state index in [4.69, 9.17) is 39.5 Å². The quantitative estimate of drug-likeness (QED) is 0.214. The highest BCUT2D eigenvalue weighted by Gasteiger charge is 2.33. The Kier molecular flexibility index (Phi) is 10.9. The van der Waals surface area contributed by atoms with E-state index < -0.39 is 9.76 Å². The molecule has 0 unspecified atom stereocenters. The predicted molar refractivity (Wildman–Crippen MR) is 82.7 cm³/mol. The summed E-state index contributed by atoms with van der Waals surface area (Å²) in [6, 6.07) is 0. The van der Waals surface area contributed by atoms with Crippen LogP contribution in [0.5, 0.6) is 0 Å². The Labute approximate surface area is 131 Å². The number of carbonyl (C=O) groups is 1. The Hall–Kier alpha value is 0.0800. The van der Waals surface area contributed by atoms with E-state index >= 15 is 0 Å². The molecule has 0 aromatic rings. The number of allylic oxidation sites excluding steroid dienone is 1. The SMILES string of the molecule is C=C(CCCCCCCCCC)OC(=O)C(Cl)(Cl)Cl. The van der Waals surface area contributed by atoms with Crippen molar-refractivity contribution in [1.29, 1.82) is 0 Å². The largest absolute Gasteiger partial charge is 0.429 e. The van der Waals surface area contributed by atoms with Gasteiger partial charge in [-0.15, -0.1) is 0 Å². The third-order valence-electron chi connectivity index (χ3n) is 2.78. The van der Waals surface area contributed by atoms with Gasteiger partial charge in [0.05, 0.1) is 0 Å². The van der Waals surface area contributed by atoms with E-state index in [1.54, 1.807) is 0 Å². The first-order valence-electron chi connectivity index (χ1n) is 6.84. The summed E-state index contributed by atoms with van der Waals surface area (Å²) in [5, 5.41) is 0. The Balaban J connectivity index is 3.47. The first kappa shape index (κ1) is 19.1. The Bertz CT molecular complexity index is 272. The topological polar surface area (TPSA) is 26.3 Å². The second-order valence-corrected chi connectivity index (χ2v) is 6.93. The van der Waals surface area contributed by atoms with Crippen molar-refractivity contribution in [3.8, 4) is 0 Å². The lowest BCUT2D eigenvalue weighted by atomic mass is 10.1. The van der Waals surface area contributed by atoms with E-state index in [0.717, 1.165) is 12.8 Å². The van der Waals surface area contributed by atoms with Gasteiger partial charge in [-0.3, -0.25) is 0 Å². The van der Waals surface area contributed by atoms with E-state index in [2.05, 4.69) is 13.5 Å². The monoisotopic (exact) mass is 328 g/mol.